The number of ether oxygens (including phenoxy) is 2. The maximum absolute atomic E-state index is 12.6. The van der Waals surface area contributed by atoms with Gasteiger partial charge in [0.15, 0.2) is 6.10 Å². The fraction of sp³-hybridized carbons (Fsp3) is 0.767. The van der Waals surface area contributed by atoms with E-state index in [-0.39, 0.29) is 19.4 Å². The van der Waals surface area contributed by atoms with Crippen LogP contribution in [0.15, 0.2) is 48.6 Å². The highest BCUT2D eigenvalue weighted by Crippen LogP contribution is 2.43. The third-order valence-corrected chi connectivity index (χ3v) is 9.72. The average Bonchev–Trinajstić information content (AvgIpc) is 3.15. The molecule has 55 heavy (non-hydrogen) atoms. The van der Waals surface area contributed by atoms with Crippen molar-refractivity contribution >= 4 is 19.8 Å². The molecule has 4 atom stereocenters. The Morgan fingerprint density at radius 1 is 0.655 bits per heavy atom. The first-order valence-electron chi connectivity index (χ1n) is 21.1. The molecule has 0 aliphatic rings. The van der Waals surface area contributed by atoms with Crippen LogP contribution in [0.4, 0.5) is 0 Å². The molecule has 0 aromatic heterocycles. The van der Waals surface area contributed by atoms with Crippen LogP contribution in [-0.2, 0) is 32.7 Å². The maximum atomic E-state index is 12.6. The molecule has 4 N–H and O–H groups in total. The fourth-order valence-corrected chi connectivity index (χ4v) is 6.25. The number of hydrogen-bond acceptors (Lipinski definition) is 10. The molecule has 0 heterocycles. The van der Waals surface area contributed by atoms with E-state index < -0.39 is 57.9 Å². The summed E-state index contributed by atoms with van der Waals surface area (Å²) >= 11 is 0. The van der Waals surface area contributed by atoms with E-state index in [0.717, 1.165) is 44.4 Å². The highest BCUT2D eigenvalue weighted by molar-refractivity contribution is 7.47. The molecule has 0 saturated carbocycles. The van der Waals surface area contributed by atoms with E-state index in [9.17, 15) is 29.3 Å². The normalized spacial score (nSPS) is 15.1. The number of phosphoric ester groups is 1. The topological polar surface area (TPSA) is 169 Å². The Morgan fingerprint density at radius 3 is 1.87 bits per heavy atom. The second-order valence-corrected chi connectivity index (χ2v) is 16.1. The van der Waals surface area contributed by atoms with Gasteiger partial charge >= 0.3 is 19.8 Å². The van der Waals surface area contributed by atoms with Crippen LogP contribution in [0.1, 0.15) is 162 Å². The highest BCUT2D eigenvalue weighted by Gasteiger charge is 2.27. The number of aliphatic hydroxyl groups excluding tert-OH is 3. The van der Waals surface area contributed by atoms with E-state index >= 15 is 0 Å². The van der Waals surface area contributed by atoms with Gasteiger partial charge in [0.05, 0.1) is 25.9 Å². The van der Waals surface area contributed by atoms with Gasteiger partial charge < -0.3 is 29.7 Å². The standard InChI is InChI=1S/C43H77O11P/c1-4-5-6-7-8-9-10-11-14-17-20-23-26-30-39(45)31-28-33-43(48)54-41(37-53-55(49,50)52-35-40(46)34-44)36-51-42(47)32-27-24-21-18-15-12-13-16-19-22-25-29-38(2)3/h8-9,11,14,20,23,26,30,38-41,44-46H,4-7,10,12-13,15-19,21-22,24-25,27-29,31-37H2,1-3H3,(H,49,50)/b9-8-,14-11-,23-20-,30-26+/t39-,40-,41+/m0/s1. The van der Waals surface area contributed by atoms with Crippen molar-refractivity contribution in [2.45, 2.75) is 180 Å². The summed E-state index contributed by atoms with van der Waals surface area (Å²) in [5.74, 6) is -0.338. The molecule has 0 aromatic rings. The number of hydrogen-bond donors (Lipinski definition) is 4. The Morgan fingerprint density at radius 2 is 1.24 bits per heavy atom. The minimum absolute atomic E-state index is 0.0443. The molecule has 11 nitrogen and oxygen atoms in total. The SMILES string of the molecule is CCCCC/C=C\C/C=C\C/C=C\C=C\[C@H](O)CCCC(=O)O[C@H](COC(=O)CCCCCCCCCCCCCC(C)C)COP(=O)(O)OC[C@@H](O)CO. The van der Waals surface area contributed by atoms with Gasteiger partial charge in [-0.05, 0) is 50.9 Å². The predicted molar refractivity (Wildman–Crippen MR) is 220 cm³/mol. The van der Waals surface area contributed by atoms with Crippen LogP contribution in [-0.4, -0.2) is 76.9 Å². The lowest BCUT2D eigenvalue weighted by molar-refractivity contribution is -0.161. The first-order valence-corrected chi connectivity index (χ1v) is 22.6. The number of esters is 2. The molecular formula is C43H77O11P. The molecule has 0 bridgehead atoms. The van der Waals surface area contributed by atoms with Crippen LogP contribution in [0.3, 0.4) is 0 Å². The number of phosphoric acid groups is 1. The lowest BCUT2D eigenvalue weighted by Gasteiger charge is -2.20. The molecule has 12 heteroatoms. The number of unbranched alkanes of at least 4 members (excludes halogenated alkanes) is 13. The number of carbonyl (C=O) groups excluding carboxylic acids is 2. The van der Waals surface area contributed by atoms with Gasteiger partial charge in [0.1, 0.15) is 12.7 Å². The van der Waals surface area contributed by atoms with Crippen LogP contribution in [0, 0.1) is 5.92 Å². The first-order chi connectivity index (χ1) is 26.5. The first kappa shape index (κ1) is 52.9. The van der Waals surface area contributed by atoms with Gasteiger partial charge in [-0.1, -0.05) is 153 Å². The van der Waals surface area contributed by atoms with Crippen molar-refractivity contribution in [2.75, 3.05) is 26.4 Å². The van der Waals surface area contributed by atoms with E-state index in [0.29, 0.717) is 19.3 Å². The molecule has 0 fully saturated rings. The van der Waals surface area contributed by atoms with Gasteiger partial charge in [-0.3, -0.25) is 18.6 Å². The molecule has 0 aliphatic carbocycles. The van der Waals surface area contributed by atoms with Gasteiger partial charge in [0.25, 0.3) is 0 Å². The molecule has 0 aromatic carbocycles. The lowest BCUT2D eigenvalue weighted by atomic mass is 10.0. The van der Waals surface area contributed by atoms with E-state index in [1.807, 2.05) is 12.2 Å². The van der Waals surface area contributed by atoms with Crippen molar-refractivity contribution in [1.29, 1.82) is 0 Å². The number of rotatable bonds is 38. The summed E-state index contributed by atoms with van der Waals surface area (Å²) < 4.78 is 32.5. The molecule has 0 saturated heterocycles. The summed E-state index contributed by atoms with van der Waals surface area (Å²) in [5, 5.41) is 28.6. The van der Waals surface area contributed by atoms with Gasteiger partial charge in [-0.15, -0.1) is 0 Å². The van der Waals surface area contributed by atoms with Gasteiger partial charge in [0.2, 0.25) is 0 Å². The van der Waals surface area contributed by atoms with Gasteiger partial charge in [-0.2, -0.15) is 0 Å². The minimum Gasteiger partial charge on any atom is -0.462 e. The third-order valence-electron chi connectivity index (χ3n) is 8.77. The molecule has 0 aliphatic heterocycles. The second kappa shape index (κ2) is 37.5. The quantitative estimate of drug-likeness (QED) is 0.0154. The zero-order chi connectivity index (χ0) is 40.8. The molecule has 0 spiro atoms. The minimum atomic E-state index is -4.67. The van der Waals surface area contributed by atoms with Crippen molar-refractivity contribution in [3.8, 4) is 0 Å². The van der Waals surface area contributed by atoms with Crippen molar-refractivity contribution in [3.63, 3.8) is 0 Å². The zero-order valence-electron chi connectivity index (χ0n) is 34.4. The Hall–Kier alpha value is -2.11. The predicted octanol–water partition coefficient (Wildman–Crippen LogP) is 9.77. The number of aliphatic hydroxyl groups is 3. The van der Waals surface area contributed by atoms with Crippen molar-refractivity contribution in [1.82, 2.24) is 0 Å². The Labute approximate surface area is 333 Å². The Bertz CT molecular complexity index is 1090. The van der Waals surface area contributed by atoms with E-state index in [2.05, 4.69) is 49.6 Å². The molecule has 320 valence electrons. The van der Waals surface area contributed by atoms with Gasteiger partial charge in [0, 0.05) is 12.8 Å². The molecule has 0 rings (SSSR count). The molecule has 0 amide bonds. The summed E-state index contributed by atoms with van der Waals surface area (Å²) in [7, 11) is -4.67. The van der Waals surface area contributed by atoms with E-state index in [1.54, 1.807) is 12.2 Å². The molecular weight excluding hydrogens is 723 g/mol. The summed E-state index contributed by atoms with van der Waals surface area (Å²) in [6, 6.07) is 0. The average molecular weight is 801 g/mol. The summed E-state index contributed by atoms with van der Waals surface area (Å²) in [5.41, 5.74) is 0. The Kier molecular flexibility index (Phi) is 36.0. The zero-order valence-corrected chi connectivity index (χ0v) is 35.3. The Balaban J connectivity index is 4.53. The second-order valence-electron chi connectivity index (χ2n) is 14.7. The van der Waals surface area contributed by atoms with Gasteiger partial charge in [-0.25, -0.2) is 4.57 Å². The van der Waals surface area contributed by atoms with Crippen LogP contribution < -0.4 is 0 Å². The van der Waals surface area contributed by atoms with Crippen LogP contribution in [0.5, 0.6) is 0 Å². The van der Waals surface area contributed by atoms with E-state index in [1.165, 1.54) is 70.6 Å². The van der Waals surface area contributed by atoms with Crippen LogP contribution in [0.25, 0.3) is 0 Å². The molecule has 0 radical (unpaired) electrons. The lowest BCUT2D eigenvalue weighted by Crippen LogP contribution is -2.30. The summed E-state index contributed by atoms with van der Waals surface area (Å²) in [4.78, 5) is 35.0. The highest BCUT2D eigenvalue weighted by atomic mass is 31.2. The number of allylic oxidation sites excluding steroid dienone is 7. The van der Waals surface area contributed by atoms with Crippen LogP contribution >= 0.6 is 7.82 Å². The molecule has 1 unspecified atom stereocenters. The largest absolute Gasteiger partial charge is 0.472 e. The van der Waals surface area contributed by atoms with Crippen molar-refractivity contribution in [3.05, 3.63) is 48.6 Å². The van der Waals surface area contributed by atoms with Crippen molar-refractivity contribution < 1.29 is 52.9 Å². The third kappa shape index (κ3) is 38.5. The van der Waals surface area contributed by atoms with E-state index in [4.69, 9.17) is 19.1 Å². The smallest absolute Gasteiger partial charge is 0.462 e. The monoisotopic (exact) mass is 801 g/mol. The van der Waals surface area contributed by atoms with Crippen LogP contribution in [0.2, 0.25) is 0 Å². The summed E-state index contributed by atoms with van der Waals surface area (Å²) in [6.45, 7) is 4.43. The van der Waals surface area contributed by atoms with Crippen molar-refractivity contribution in [2.24, 2.45) is 5.92 Å². The maximum Gasteiger partial charge on any atom is 0.472 e. The summed E-state index contributed by atoms with van der Waals surface area (Å²) in [6.07, 6.45) is 34.0. The fourth-order valence-electron chi connectivity index (χ4n) is 5.46. The number of carbonyl (C=O) groups is 2.